The molecule has 34 heavy (non-hydrogen) atoms. The molecule has 0 aliphatic heterocycles. The van der Waals surface area contributed by atoms with Crippen LogP contribution in [0.15, 0.2) is 12.1 Å². The standard InChI is InChI=1S/C29H41NO4/c1-29-14-13-21-22(12-11-18-15-24(31)25(34-2)17-23(18)21)28(29)19(16-26(29)32)7-6-10-27(33)30-20-8-4-3-5-9-20/h15,17,19-22,28,31H,3-14,16H2,1-2H3,(H,30,33)/t19-,21?,22?,28?,29+/m0/s1. The molecule has 1 aromatic carbocycles. The molecule has 186 valence electrons. The Labute approximate surface area is 204 Å². The van der Waals surface area contributed by atoms with Crippen molar-refractivity contribution in [3.63, 3.8) is 0 Å². The molecular formula is C29H41NO4. The number of Topliss-reactive ketones (excluding diaryl/α,β-unsaturated/α-hetero) is 1. The molecule has 4 aliphatic carbocycles. The fourth-order valence-electron chi connectivity index (χ4n) is 8.15. The molecule has 2 N–H and O–H groups in total. The molecule has 1 aromatic rings. The number of benzene rings is 1. The highest BCUT2D eigenvalue weighted by molar-refractivity contribution is 5.87. The first kappa shape index (κ1) is 23.7. The summed E-state index contributed by atoms with van der Waals surface area (Å²) in [7, 11) is 1.61. The lowest BCUT2D eigenvalue weighted by molar-refractivity contribution is -0.129. The largest absolute Gasteiger partial charge is 0.504 e. The number of carbonyl (C=O) groups excluding carboxylic acids is 2. The van der Waals surface area contributed by atoms with Crippen LogP contribution in [0.25, 0.3) is 0 Å². The normalized spacial score (nSPS) is 33.1. The quantitative estimate of drug-likeness (QED) is 0.565. The molecule has 5 heteroatoms. The zero-order valence-electron chi connectivity index (χ0n) is 20.9. The Morgan fingerprint density at radius 2 is 1.97 bits per heavy atom. The first-order valence-corrected chi connectivity index (χ1v) is 13.6. The number of amides is 1. The number of phenolic OH excluding ortho intramolecular Hbond substituents is 1. The van der Waals surface area contributed by atoms with Crippen LogP contribution in [-0.2, 0) is 16.0 Å². The molecular weight excluding hydrogens is 426 g/mol. The Kier molecular flexibility index (Phi) is 6.65. The summed E-state index contributed by atoms with van der Waals surface area (Å²) in [5.41, 5.74) is 2.34. The summed E-state index contributed by atoms with van der Waals surface area (Å²) in [5, 5.41) is 13.5. The fraction of sp³-hybridized carbons (Fsp3) is 0.724. The first-order chi connectivity index (χ1) is 16.4. The maximum atomic E-state index is 13.2. The monoisotopic (exact) mass is 467 g/mol. The van der Waals surface area contributed by atoms with Crippen LogP contribution in [0.2, 0.25) is 0 Å². The van der Waals surface area contributed by atoms with E-state index in [1.165, 1.54) is 30.4 Å². The molecule has 0 aromatic heterocycles. The van der Waals surface area contributed by atoms with Gasteiger partial charge in [-0.1, -0.05) is 26.2 Å². The number of methoxy groups -OCH3 is 1. The van der Waals surface area contributed by atoms with Gasteiger partial charge in [-0.25, -0.2) is 0 Å². The van der Waals surface area contributed by atoms with E-state index in [1.807, 2.05) is 12.1 Å². The van der Waals surface area contributed by atoms with Crippen LogP contribution < -0.4 is 10.1 Å². The predicted octanol–water partition coefficient (Wildman–Crippen LogP) is 5.67. The zero-order chi connectivity index (χ0) is 23.9. The van der Waals surface area contributed by atoms with E-state index in [-0.39, 0.29) is 17.1 Å². The number of rotatable bonds is 6. The summed E-state index contributed by atoms with van der Waals surface area (Å²) in [4.78, 5) is 25.8. The second-order valence-electron chi connectivity index (χ2n) is 11.7. The van der Waals surface area contributed by atoms with Crippen molar-refractivity contribution < 1.29 is 19.4 Å². The van der Waals surface area contributed by atoms with Gasteiger partial charge in [0.05, 0.1) is 7.11 Å². The molecule has 0 radical (unpaired) electrons. The van der Waals surface area contributed by atoms with Gasteiger partial charge in [0.15, 0.2) is 11.5 Å². The maximum absolute atomic E-state index is 13.2. The van der Waals surface area contributed by atoms with Gasteiger partial charge in [-0.2, -0.15) is 0 Å². The lowest BCUT2D eigenvalue weighted by atomic mass is 9.54. The molecule has 4 aliphatic rings. The molecule has 3 unspecified atom stereocenters. The Hall–Kier alpha value is -2.04. The van der Waals surface area contributed by atoms with E-state index < -0.39 is 0 Å². The number of hydrogen-bond donors (Lipinski definition) is 2. The van der Waals surface area contributed by atoms with Gasteiger partial charge in [0.1, 0.15) is 5.78 Å². The van der Waals surface area contributed by atoms with E-state index in [4.69, 9.17) is 4.74 Å². The van der Waals surface area contributed by atoms with Crippen LogP contribution in [0, 0.1) is 23.2 Å². The van der Waals surface area contributed by atoms with E-state index in [9.17, 15) is 14.7 Å². The zero-order valence-corrected chi connectivity index (χ0v) is 20.9. The average Bonchev–Trinajstić information content (AvgIpc) is 3.09. The third-order valence-electron chi connectivity index (χ3n) is 9.82. The number of ketones is 1. The third kappa shape index (κ3) is 4.24. The minimum absolute atomic E-state index is 0.194. The van der Waals surface area contributed by atoms with Crippen LogP contribution in [0.5, 0.6) is 11.5 Å². The third-order valence-corrected chi connectivity index (χ3v) is 9.82. The SMILES string of the molecule is COc1cc2c(cc1O)CCC1C2CC[C@]2(C)C(=O)C[C@H](CCCC(=O)NC3CCCCC3)C12. The Morgan fingerprint density at radius 1 is 1.18 bits per heavy atom. The second-order valence-corrected chi connectivity index (χ2v) is 11.7. The topological polar surface area (TPSA) is 75.6 Å². The van der Waals surface area contributed by atoms with E-state index in [1.54, 1.807) is 7.11 Å². The molecule has 0 bridgehead atoms. The summed E-state index contributed by atoms with van der Waals surface area (Å²) in [5.74, 6) is 3.12. The van der Waals surface area contributed by atoms with Gasteiger partial charge in [0.2, 0.25) is 5.91 Å². The molecule has 0 spiro atoms. The summed E-state index contributed by atoms with van der Waals surface area (Å²) < 4.78 is 5.42. The van der Waals surface area contributed by atoms with Crippen molar-refractivity contribution in [1.29, 1.82) is 0 Å². The summed E-state index contributed by atoms with van der Waals surface area (Å²) >= 11 is 0. The Bertz CT molecular complexity index is 936. The second kappa shape index (κ2) is 9.54. The molecule has 0 heterocycles. The van der Waals surface area contributed by atoms with Gasteiger partial charge in [-0.3, -0.25) is 9.59 Å². The van der Waals surface area contributed by atoms with Gasteiger partial charge in [0.25, 0.3) is 0 Å². The van der Waals surface area contributed by atoms with Gasteiger partial charge in [-0.15, -0.1) is 0 Å². The molecule has 1 amide bonds. The summed E-state index contributed by atoms with van der Waals surface area (Å²) in [6, 6.07) is 4.31. The van der Waals surface area contributed by atoms with Crippen molar-refractivity contribution in [2.45, 2.75) is 102 Å². The Balaban J connectivity index is 1.27. The molecule has 3 fully saturated rings. The van der Waals surface area contributed by atoms with Gasteiger partial charge in [-0.05, 0) is 98.3 Å². The highest BCUT2D eigenvalue weighted by Gasteiger charge is 2.58. The van der Waals surface area contributed by atoms with E-state index in [2.05, 4.69) is 12.2 Å². The lowest BCUT2D eigenvalue weighted by Gasteiger charge is -2.50. The molecule has 5 nitrogen and oxygen atoms in total. The van der Waals surface area contributed by atoms with Crippen LogP contribution in [-0.4, -0.2) is 29.9 Å². The van der Waals surface area contributed by atoms with E-state index >= 15 is 0 Å². The minimum atomic E-state index is -0.214. The lowest BCUT2D eigenvalue weighted by Crippen LogP contribution is -2.44. The number of hydrogen-bond acceptors (Lipinski definition) is 4. The smallest absolute Gasteiger partial charge is 0.220 e. The molecule has 3 saturated carbocycles. The van der Waals surface area contributed by atoms with Crippen molar-refractivity contribution in [1.82, 2.24) is 5.32 Å². The number of ether oxygens (including phenoxy) is 1. The van der Waals surface area contributed by atoms with Gasteiger partial charge in [0, 0.05) is 24.3 Å². The maximum Gasteiger partial charge on any atom is 0.220 e. The number of nitrogens with one attached hydrogen (secondary N) is 1. The van der Waals surface area contributed by atoms with Crippen molar-refractivity contribution in [2.24, 2.45) is 23.2 Å². The van der Waals surface area contributed by atoms with Gasteiger partial charge < -0.3 is 15.2 Å². The number of aromatic hydroxyl groups is 1. The number of aryl methyl sites for hydroxylation is 1. The van der Waals surface area contributed by atoms with Gasteiger partial charge >= 0.3 is 0 Å². The molecule has 5 rings (SSSR count). The Morgan fingerprint density at radius 3 is 2.74 bits per heavy atom. The molecule has 0 saturated heterocycles. The van der Waals surface area contributed by atoms with E-state index in [0.29, 0.717) is 54.1 Å². The number of carbonyl (C=O) groups is 2. The van der Waals surface area contributed by atoms with Crippen molar-refractivity contribution >= 4 is 11.7 Å². The highest BCUT2D eigenvalue weighted by atomic mass is 16.5. The van der Waals surface area contributed by atoms with Crippen LogP contribution in [0.1, 0.15) is 101 Å². The minimum Gasteiger partial charge on any atom is -0.504 e. The summed E-state index contributed by atoms with van der Waals surface area (Å²) in [6.45, 7) is 2.22. The summed E-state index contributed by atoms with van der Waals surface area (Å²) in [6.07, 6.45) is 13.1. The van der Waals surface area contributed by atoms with Crippen LogP contribution in [0.4, 0.5) is 0 Å². The number of phenols is 1. The average molecular weight is 468 g/mol. The van der Waals surface area contributed by atoms with E-state index in [0.717, 1.165) is 51.4 Å². The van der Waals surface area contributed by atoms with Crippen molar-refractivity contribution in [3.8, 4) is 11.5 Å². The highest BCUT2D eigenvalue weighted by Crippen LogP contribution is 2.62. The van der Waals surface area contributed by atoms with Crippen LogP contribution >= 0.6 is 0 Å². The predicted molar refractivity (Wildman–Crippen MR) is 132 cm³/mol. The van der Waals surface area contributed by atoms with Crippen molar-refractivity contribution in [3.05, 3.63) is 23.3 Å². The number of fused-ring (bicyclic) bond motifs is 5. The van der Waals surface area contributed by atoms with Crippen LogP contribution in [0.3, 0.4) is 0 Å². The van der Waals surface area contributed by atoms with Crippen molar-refractivity contribution in [2.75, 3.05) is 7.11 Å². The fourth-order valence-corrected chi connectivity index (χ4v) is 8.15. The molecule has 5 atom stereocenters. The first-order valence-electron chi connectivity index (χ1n) is 13.6.